The fourth-order valence-corrected chi connectivity index (χ4v) is 14.8. The molecule has 0 bridgehead atoms. The molecule has 0 amide bonds. The minimum atomic E-state index is 0.627. The van der Waals surface area contributed by atoms with Crippen LogP contribution < -0.4 is 0 Å². The SMILES string of the molecule is c1ccc(-c2cc(-c3ccccc3)nc(-n3c4ccccc4c4c(-c5ccc6ccccc6c5)cc5c6ccccc6n(-c6ccccc6)c5c43)n2)cc1.c1ccc(-c2cc(-c3ccccc3)nc(-n3c4ccccc4c4ccc5c6ccccc6n(-c6ccccn6)c5c43)n2)cc1. The summed E-state index contributed by atoms with van der Waals surface area (Å²) in [4.78, 5) is 26.2. The Morgan fingerprint density at radius 3 is 1.12 bits per heavy atom. The molecule has 0 fully saturated rings. The van der Waals surface area contributed by atoms with Gasteiger partial charge in [-0.15, -0.1) is 0 Å². The zero-order chi connectivity index (χ0) is 64.6. The molecular formula is C89H57N9. The number of hydrogen-bond donors (Lipinski definition) is 0. The van der Waals surface area contributed by atoms with Crippen LogP contribution in [0.3, 0.4) is 0 Å². The van der Waals surface area contributed by atoms with Gasteiger partial charge in [0, 0.05) is 77.2 Å². The smallest absolute Gasteiger partial charge is 0.235 e. The van der Waals surface area contributed by atoms with Crippen LogP contribution in [0, 0.1) is 0 Å². The maximum Gasteiger partial charge on any atom is 0.235 e. The fourth-order valence-electron chi connectivity index (χ4n) is 14.8. The highest BCUT2D eigenvalue weighted by atomic mass is 15.2. The second-order valence-electron chi connectivity index (χ2n) is 24.7. The van der Waals surface area contributed by atoms with E-state index in [9.17, 15) is 0 Å². The zero-order valence-electron chi connectivity index (χ0n) is 52.9. The summed E-state index contributed by atoms with van der Waals surface area (Å²) in [5.74, 6) is 2.12. The van der Waals surface area contributed by atoms with Crippen molar-refractivity contribution in [3.05, 3.63) is 346 Å². The van der Waals surface area contributed by atoms with Gasteiger partial charge in [0.05, 0.1) is 66.9 Å². The van der Waals surface area contributed by atoms with Gasteiger partial charge in [0.15, 0.2) is 0 Å². The van der Waals surface area contributed by atoms with E-state index in [-0.39, 0.29) is 0 Å². The zero-order valence-corrected chi connectivity index (χ0v) is 52.9. The van der Waals surface area contributed by atoms with E-state index < -0.39 is 0 Å². The lowest BCUT2D eigenvalue weighted by Gasteiger charge is -2.15. The molecule has 7 heterocycles. The monoisotopic (exact) mass is 1250 g/mol. The quantitative estimate of drug-likeness (QED) is 0.144. The Kier molecular flexibility index (Phi) is 13.3. The molecule has 0 spiro atoms. The Morgan fingerprint density at radius 2 is 0.612 bits per heavy atom. The van der Waals surface area contributed by atoms with Crippen molar-refractivity contribution in [3.8, 4) is 79.6 Å². The summed E-state index contributed by atoms with van der Waals surface area (Å²) in [6, 6.07) is 119. The molecule has 13 aromatic carbocycles. The Balaban J connectivity index is 0.000000140. The molecule has 0 atom stereocenters. The molecule has 458 valence electrons. The Bertz CT molecular complexity index is 6340. The number of aromatic nitrogens is 9. The van der Waals surface area contributed by atoms with Crippen LogP contribution in [0.5, 0.6) is 0 Å². The number of nitrogens with zero attached hydrogens (tertiary/aromatic N) is 9. The predicted octanol–water partition coefficient (Wildman–Crippen LogP) is 22.2. The standard InChI is InChI=1S/C50H32N4.C39H25N5/c1-4-17-34(18-5-1)43-32-44(35-19-6-2-7-20-35)52-50(51-43)54-46-27-15-13-25-40(46)47-41(37-29-28-33-16-10-11-21-36(33)30-37)31-42-39-24-12-14-26-45(39)53(48(42)49(47)54)38-22-8-3-9-23-38;1-3-13-26(14-4-1)32-25-33(27-15-5-2-6-16-27)42-39(41-32)44-35-20-10-8-18-29(35)31-23-22-30-28-17-7-9-19-34(28)43(37(30)38(31)44)36-21-11-12-24-40-36/h1-32H;1-25H. The van der Waals surface area contributed by atoms with Gasteiger partial charge >= 0.3 is 0 Å². The number of benzene rings is 13. The molecule has 0 aliphatic carbocycles. The van der Waals surface area contributed by atoms with Gasteiger partial charge in [-0.25, -0.2) is 24.9 Å². The van der Waals surface area contributed by atoms with Crippen molar-refractivity contribution in [2.24, 2.45) is 0 Å². The molecule has 0 unspecified atom stereocenters. The molecule has 9 heteroatoms. The first-order chi connectivity index (χ1) is 48.6. The largest absolute Gasteiger partial charge is 0.307 e. The Labute approximate surface area is 563 Å². The van der Waals surface area contributed by atoms with Crippen molar-refractivity contribution in [1.82, 2.24) is 43.2 Å². The average molecular weight is 1250 g/mol. The van der Waals surface area contributed by atoms with Crippen molar-refractivity contribution in [2.45, 2.75) is 0 Å². The van der Waals surface area contributed by atoms with E-state index in [0.717, 1.165) is 122 Å². The number of pyridine rings is 1. The van der Waals surface area contributed by atoms with E-state index >= 15 is 0 Å². The van der Waals surface area contributed by atoms with E-state index in [1.54, 1.807) is 0 Å². The van der Waals surface area contributed by atoms with E-state index in [2.05, 4.69) is 322 Å². The minimum Gasteiger partial charge on any atom is -0.307 e. The van der Waals surface area contributed by atoms with Crippen LogP contribution in [0.1, 0.15) is 0 Å². The Morgan fingerprint density at radius 1 is 0.224 bits per heavy atom. The van der Waals surface area contributed by atoms with Crippen LogP contribution in [0.15, 0.2) is 346 Å². The lowest BCUT2D eigenvalue weighted by atomic mass is 9.95. The van der Waals surface area contributed by atoms with E-state index in [0.29, 0.717) is 11.9 Å². The van der Waals surface area contributed by atoms with Gasteiger partial charge in [-0.2, -0.15) is 0 Å². The van der Waals surface area contributed by atoms with Gasteiger partial charge in [-0.3, -0.25) is 13.7 Å². The highest BCUT2D eigenvalue weighted by Crippen LogP contribution is 2.48. The van der Waals surface area contributed by atoms with Crippen LogP contribution in [-0.2, 0) is 0 Å². The summed E-state index contributed by atoms with van der Waals surface area (Å²) in [5, 5.41) is 11.8. The van der Waals surface area contributed by atoms with E-state index in [1.807, 2.05) is 42.6 Å². The average Bonchev–Trinajstić information content (AvgIpc) is 1.55. The van der Waals surface area contributed by atoms with Crippen molar-refractivity contribution < 1.29 is 0 Å². The molecule has 0 N–H and O–H groups in total. The first-order valence-corrected chi connectivity index (χ1v) is 33.1. The second-order valence-corrected chi connectivity index (χ2v) is 24.7. The van der Waals surface area contributed by atoms with Gasteiger partial charge in [-0.1, -0.05) is 267 Å². The number of para-hydroxylation sites is 5. The highest BCUT2D eigenvalue weighted by Gasteiger charge is 2.28. The highest BCUT2D eigenvalue weighted by molar-refractivity contribution is 6.28. The molecule has 0 radical (unpaired) electrons. The molecule has 7 aromatic heterocycles. The molecule has 0 aliphatic rings. The molecule has 0 saturated carbocycles. The third kappa shape index (κ3) is 9.28. The molecule has 20 rings (SSSR count). The van der Waals surface area contributed by atoms with Crippen LogP contribution in [0.2, 0.25) is 0 Å². The first-order valence-electron chi connectivity index (χ1n) is 33.1. The number of rotatable bonds is 9. The Hall–Kier alpha value is -13.4. The van der Waals surface area contributed by atoms with Crippen molar-refractivity contribution in [2.75, 3.05) is 0 Å². The maximum absolute atomic E-state index is 5.42. The summed E-state index contributed by atoms with van der Waals surface area (Å²) in [6.07, 6.45) is 1.85. The molecule has 9 nitrogen and oxygen atoms in total. The minimum absolute atomic E-state index is 0.627. The molecule has 0 aliphatic heterocycles. The third-order valence-electron chi connectivity index (χ3n) is 19.1. The summed E-state index contributed by atoms with van der Waals surface area (Å²) in [6.45, 7) is 0. The lowest BCUT2D eigenvalue weighted by molar-refractivity contribution is 0.993. The second kappa shape index (κ2) is 23.3. The van der Waals surface area contributed by atoms with Gasteiger partial charge < -0.3 is 4.57 Å². The van der Waals surface area contributed by atoms with Crippen LogP contribution in [-0.4, -0.2) is 43.2 Å². The summed E-state index contributed by atoms with van der Waals surface area (Å²) in [5.41, 5.74) is 19.8. The predicted molar refractivity (Wildman–Crippen MR) is 404 cm³/mol. The molecular weight excluding hydrogens is 1200 g/mol. The number of hydrogen-bond acceptors (Lipinski definition) is 5. The van der Waals surface area contributed by atoms with Crippen LogP contribution in [0.4, 0.5) is 0 Å². The van der Waals surface area contributed by atoms with Gasteiger partial charge in [-0.05, 0) is 94.7 Å². The van der Waals surface area contributed by atoms with Gasteiger partial charge in [0.25, 0.3) is 0 Å². The summed E-state index contributed by atoms with van der Waals surface area (Å²) >= 11 is 0. The number of fused-ring (bicyclic) bond motifs is 15. The fraction of sp³-hybridized carbons (Fsp3) is 0. The molecule has 0 saturated heterocycles. The van der Waals surface area contributed by atoms with Crippen LogP contribution in [0.25, 0.3) is 178 Å². The van der Waals surface area contributed by atoms with Gasteiger partial charge in [0.2, 0.25) is 11.9 Å². The van der Waals surface area contributed by atoms with Crippen LogP contribution >= 0.6 is 0 Å². The molecule has 20 aromatic rings. The lowest BCUT2D eigenvalue weighted by Crippen LogP contribution is -2.05. The first kappa shape index (κ1) is 56.2. The van der Waals surface area contributed by atoms with Crippen molar-refractivity contribution >= 4 is 98.0 Å². The summed E-state index contributed by atoms with van der Waals surface area (Å²) in [7, 11) is 0. The third-order valence-corrected chi connectivity index (χ3v) is 19.1. The van der Waals surface area contributed by atoms with E-state index in [1.165, 1.54) is 43.4 Å². The van der Waals surface area contributed by atoms with E-state index in [4.69, 9.17) is 24.9 Å². The topological polar surface area (TPSA) is 84.2 Å². The maximum atomic E-state index is 5.42. The van der Waals surface area contributed by atoms with Crippen molar-refractivity contribution in [1.29, 1.82) is 0 Å². The van der Waals surface area contributed by atoms with Crippen molar-refractivity contribution in [3.63, 3.8) is 0 Å². The molecule has 98 heavy (non-hydrogen) atoms. The normalized spacial score (nSPS) is 11.7. The summed E-state index contributed by atoms with van der Waals surface area (Å²) < 4.78 is 9.26. The van der Waals surface area contributed by atoms with Gasteiger partial charge in [0.1, 0.15) is 5.82 Å².